The van der Waals surface area contributed by atoms with Crippen LogP contribution in [-0.2, 0) is 11.8 Å². The molecule has 0 aliphatic heterocycles. The summed E-state index contributed by atoms with van der Waals surface area (Å²) in [4.78, 5) is 12.3. The van der Waals surface area contributed by atoms with Crippen molar-refractivity contribution in [3.05, 3.63) is 63.4 Å². The molecule has 0 saturated carbocycles. The second kappa shape index (κ2) is 9.73. The molecule has 0 aliphatic rings. The lowest BCUT2D eigenvalue weighted by atomic mass is 10.1. The van der Waals surface area contributed by atoms with Gasteiger partial charge in [0, 0.05) is 7.05 Å². The van der Waals surface area contributed by atoms with E-state index < -0.39 is 0 Å². The van der Waals surface area contributed by atoms with Crippen LogP contribution in [0.15, 0.2) is 41.6 Å². The first-order valence-corrected chi connectivity index (χ1v) is 11.0. The molecule has 0 bridgehead atoms. The Labute approximate surface area is 189 Å². The predicted octanol–water partition coefficient (Wildman–Crippen LogP) is 5.61. The number of carbonyl (C=O) groups excluding carboxylic acids is 1. The summed E-state index contributed by atoms with van der Waals surface area (Å²) in [6.45, 7) is 5.98. The zero-order valence-corrected chi connectivity index (χ0v) is 19.4. The molecule has 2 aromatic carbocycles. The number of nitrogens with zero attached hydrogens (tertiary/aromatic N) is 3. The minimum absolute atomic E-state index is 0.139. The van der Waals surface area contributed by atoms with Gasteiger partial charge in [-0.3, -0.25) is 4.79 Å². The van der Waals surface area contributed by atoms with Crippen molar-refractivity contribution in [2.45, 2.75) is 32.0 Å². The lowest BCUT2D eigenvalue weighted by Gasteiger charge is -2.15. The smallest absolute Gasteiger partial charge is 0.234 e. The number of rotatable bonds is 7. The fourth-order valence-corrected chi connectivity index (χ4v) is 4.20. The molecule has 0 fully saturated rings. The molecule has 9 heteroatoms. The van der Waals surface area contributed by atoms with E-state index in [1.54, 1.807) is 18.2 Å². The molecule has 3 rings (SSSR count). The number of carbonyl (C=O) groups is 1. The van der Waals surface area contributed by atoms with E-state index in [4.69, 9.17) is 27.9 Å². The molecule has 1 aromatic heterocycles. The van der Waals surface area contributed by atoms with E-state index in [1.165, 1.54) is 11.8 Å². The van der Waals surface area contributed by atoms with Gasteiger partial charge in [-0.25, -0.2) is 0 Å². The van der Waals surface area contributed by atoms with Crippen LogP contribution >= 0.6 is 35.0 Å². The van der Waals surface area contributed by atoms with E-state index >= 15 is 0 Å². The summed E-state index contributed by atoms with van der Waals surface area (Å²) in [5, 5.41) is 12.6. The van der Waals surface area contributed by atoms with Gasteiger partial charge in [-0.2, -0.15) is 0 Å². The number of anilines is 1. The van der Waals surface area contributed by atoms with Gasteiger partial charge < -0.3 is 14.6 Å². The highest BCUT2D eigenvalue weighted by Gasteiger charge is 2.19. The lowest BCUT2D eigenvalue weighted by Crippen LogP contribution is -2.15. The number of aryl methyl sites for hydroxylation is 2. The summed E-state index contributed by atoms with van der Waals surface area (Å²) in [7, 11) is 1.85. The maximum Gasteiger partial charge on any atom is 0.234 e. The standard InChI is InChI=1S/C21H22Cl2N4O2S/c1-12-8-13(2)10-15(9-12)29-14(3)20-25-26-21(27(20)4)30-11-18(28)24-19-16(22)6-5-7-17(19)23/h5-10,14H,11H2,1-4H3,(H,24,28). The van der Waals surface area contributed by atoms with E-state index in [0.29, 0.717) is 26.7 Å². The molecular formula is C21H22Cl2N4O2S. The van der Waals surface area contributed by atoms with Gasteiger partial charge in [-0.1, -0.05) is 47.1 Å². The number of ether oxygens (including phenoxy) is 1. The number of halogens is 2. The molecule has 1 atom stereocenters. The van der Waals surface area contributed by atoms with E-state index in [9.17, 15) is 4.79 Å². The number of hydrogen-bond acceptors (Lipinski definition) is 5. The normalized spacial score (nSPS) is 11.9. The van der Waals surface area contributed by atoms with Crippen molar-refractivity contribution in [1.29, 1.82) is 0 Å². The van der Waals surface area contributed by atoms with Gasteiger partial charge in [-0.05, 0) is 56.2 Å². The molecule has 158 valence electrons. The Morgan fingerprint density at radius 2 is 1.80 bits per heavy atom. The molecule has 3 aromatic rings. The minimum atomic E-state index is -0.297. The fourth-order valence-electron chi connectivity index (χ4n) is 2.99. The van der Waals surface area contributed by atoms with Crippen molar-refractivity contribution in [2.24, 2.45) is 7.05 Å². The average Bonchev–Trinajstić information content (AvgIpc) is 3.03. The van der Waals surface area contributed by atoms with Crippen molar-refractivity contribution < 1.29 is 9.53 Å². The number of nitrogens with one attached hydrogen (secondary N) is 1. The van der Waals surface area contributed by atoms with E-state index in [2.05, 4.69) is 21.6 Å². The van der Waals surface area contributed by atoms with E-state index in [1.807, 2.05) is 44.5 Å². The van der Waals surface area contributed by atoms with Gasteiger partial charge in [-0.15, -0.1) is 10.2 Å². The van der Waals surface area contributed by atoms with Crippen LogP contribution in [0.5, 0.6) is 5.75 Å². The van der Waals surface area contributed by atoms with Crippen molar-refractivity contribution in [2.75, 3.05) is 11.1 Å². The summed E-state index contributed by atoms with van der Waals surface area (Å²) in [5.41, 5.74) is 2.67. The number of thioether (sulfide) groups is 1. The highest BCUT2D eigenvalue weighted by Crippen LogP contribution is 2.30. The number of amides is 1. The van der Waals surface area contributed by atoms with Crippen molar-refractivity contribution in [1.82, 2.24) is 14.8 Å². The van der Waals surface area contributed by atoms with Gasteiger partial charge in [0.2, 0.25) is 5.91 Å². The quantitative estimate of drug-likeness (QED) is 0.460. The largest absolute Gasteiger partial charge is 0.483 e. The number of hydrogen-bond donors (Lipinski definition) is 1. The van der Waals surface area contributed by atoms with Crippen LogP contribution in [0.4, 0.5) is 5.69 Å². The first-order valence-electron chi connectivity index (χ1n) is 9.25. The molecular weight excluding hydrogens is 443 g/mol. The third-order valence-corrected chi connectivity index (χ3v) is 5.95. The Kier molecular flexibility index (Phi) is 7.28. The maximum atomic E-state index is 12.3. The van der Waals surface area contributed by atoms with E-state index in [-0.39, 0.29) is 17.8 Å². The third kappa shape index (κ3) is 5.47. The van der Waals surface area contributed by atoms with Gasteiger partial charge in [0.25, 0.3) is 0 Å². The first kappa shape index (κ1) is 22.5. The second-order valence-electron chi connectivity index (χ2n) is 6.92. The summed E-state index contributed by atoms with van der Waals surface area (Å²) < 4.78 is 7.87. The minimum Gasteiger partial charge on any atom is -0.483 e. The SMILES string of the molecule is Cc1cc(C)cc(OC(C)c2nnc(SCC(=O)Nc3c(Cl)cccc3Cl)n2C)c1. The molecule has 6 nitrogen and oxygen atoms in total. The summed E-state index contributed by atoms with van der Waals surface area (Å²) in [6, 6.07) is 11.1. The summed E-state index contributed by atoms with van der Waals surface area (Å²) in [5.74, 6) is 1.36. The predicted molar refractivity (Wildman–Crippen MR) is 122 cm³/mol. The molecule has 0 spiro atoms. The van der Waals surface area contributed by atoms with Crippen LogP contribution in [0, 0.1) is 13.8 Å². The van der Waals surface area contributed by atoms with Gasteiger partial charge >= 0.3 is 0 Å². The monoisotopic (exact) mass is 464 g/mol. The van der Waals surface area contributed by atoms with Crippen molar-refractivity contribution in [3.8, 4) is 5.75 Å². The number of aromatic nitrogens is 3. The van der Waals surface area contributed by atoms with Crippen LogP contribution in [0.25, 0.3) is 0 Å². The van der Waals surface area contributed by atoms with Crippen LogP contribution in [0.2, 0.25) is 10.0 Å². The average molecular weight is 465 g/mol. The Hall–Kier alpha value is -2.22. The van der Waals surface area contributed by atoms with Crippen molar-refractivity contribution in [3.63, 3.8) is 0 Å². The molecule has 0 radical (unpaired) electrons. The number of benzene rings is 2. The number of para-hydroxylation sites is 1. The highest BCUT2D eigenvalue weighted by atomic mass is 35.5. The van der Waals surface area contributed by atoms with Gasteiger partial charge in [0.05, 0.1) is 21.5 Å². The Morgan fingerprint density at radius 1 is 1.17 bits per heavy atom. The molecule has 0 saturated heterocycles. The topological polar surface area (TPSA) is 69.0 Å². The lowest BCUT2D eigenvalue weighted by molar-refractivity contribution is -0.113. The summed E-state index contributed by atoms with van der Waals surface area (Å²) in [6.07, 6.45) is -0.297. The van der Waals surface area contributed by atoms with E-state index in [0.717, 1.165) is 16.9 Å². The fraction of sp³-hybridized carbons (Fsp3) is 0.286. The van der Waals surface area contributed by atoms with Crippen LogP contribution < -0.4 is 10.1 Å². The molecule has 1 heterocycles. The highest BCUT2D eigenvalue weighted by molar-refractivity contribution is 7.99. The molecule has 1 amide bonds. The van der Waals surface area contributed by atoms with Crippen LogP contribution in [0.1, 0.15) is 30.0 Å². The first-order chi connectivity index (χ1) is 14.2. The zero-order chi connectivity index (χ0) is 21.8. The molecule has 0 aliphatic carbocycles. The Balaban J connectivity index is 1.62. The van der Waals surface area contributed by atoms with Gasteiger partial charge in [0.15, 0.2) is 17.1 Å². The maximum absolute atomic E-state index is 12.3. The van der Waals surface area contributed by atoms with Gasteiger partial charge in [0.1, 0.15) is 5.75 Å². The Morgan fingerprint density at radius 3 is 2.43 bits per heavy atom. The molecule has 30 heavy (non-hydrogen) atoms. The van der Waals surface area contributed by atoms with Crippen LogP contribution in [0.3, 0.4) is 0 Å². The van der Waals surface area contributed by atoms with Crippen molar-refractivity contribution >= 4 is 46.6 Å². The van der Waals surface area contributed by atoms with Crippen LogP contribution in [-0.4, -0.2) is 26.4 Å². The zero-order valence-electron chi connectivity index (χ0n) is 17.1. The Bertz CT molecular complexity index is 1030. The second-order valence-corrected chi connectivity index (χ2v) is 8.67. The molecule has 1 unspecified atom stereocenters. The molecule has 1 N–H and O–H groups in total. The summed E-state index contributed by atoms with van der Waals surface area (Å²) >= 11 is 13.5. The third-order valence-electron chi connectivity index (χ3n) is 4.30.